The molecular formula is C22H33N3O. The Balaban J connectivity index is 1.44. The lowest BCUT2D eigenvalue weighted by Crippen LogP contribution is -2.58. The van der Waals surface area contributed by atoms with Crippen LogP contribution in [0.25, 0.3) is 0 Å². The number of hydrogen-bond donors (Lipinski definition) is 0. The molecule has 1 aromatic carbocycles. The molecule has 4 nitrogen and oxygen atoms in total. The molecule has 4 rings (SSSR count). The Kier molecular flexibility index (Phi) is 5.32. The van der Waals surface area contributed by atoms with Crippen molar-refractivity contribution in [1.29, 1.82) is 0 Å². The van der Waals surface area contributed by atoms with Crippen LogP contribution in [0.2, 0.25) is 0 Å². The van der Waals surface area contributed by atoms with Gasteiger partial charge in [-0.2, -0.15) is 0 Å². The first-order valence-corrected chi connectivity index (χ1v) is 10.5. The first kappa shape index (κ1) is 18.0. The molecule has 0 aliphatic carbocycles. The summed E-state index contributed by atoms with van der Waals surface area (Å²) in [5.41, 5.74) is 2.80. The van der Waals surface area contributed by atoms with Crippen LogP contribution in [0.4, 0.5) is 0 Å². The van der Waals surface area contributed by atoms with Gasteiger partial charge < -0.3 is 14.7 Å². The standard InChI is InChI=1S/C22H33N3O/c1-19(26)25-14-9-20-7-3-4-8-21(20)22(25)10-15-24(16-11-22)18-17-23-12-5-2-6-13-23/h3-4,7-8H,2,5-6,9-18H2,1H3. The maximum Gasteiger partial charge on any atom is 0.220 e. The predicted molar refractivity (Wildman–Crippen MR) is 105 cm³/mol. The Morgan fingerprint density at radius 1 is 0.923 bits per heavy atom. The minimum Gasteiger partial charge on any atom is -0.333 e. The summed E-state index contributed by atoms with van der Waals surface area (Å²) >= 11 is 0. The molecule has 1 aromatic rings. The van der Waals surface area contributed by atoms with Gasteiger partial charge in [0.15, 0.2) is 0 Å². The summed E-state index contributed by atoms with van der Waals surface area (Å²) in [5.74, 6) is 0.237. The quantitative estimate of drug-likeness (QED) is 0.834. The molecule has 0 bridgehead atoms. The molecule has 142 valence electrons. The summed E-state index contributed by atoms with van der Waals surface area (Å²) in [7, 11) is 0. The van der Waals surface area contributed by atoms with E-state index in [9.17, 15) is 4.79 Å². The molecule has 3 aliphatic rings. The van der Waals surface area contributed by atoms with Crippen molar-refractivity contribution in [2.75, 3.05) is 45.8 Å². The van der Waals surface area contributed by atoms with Crippen LogP contribution in [0.15, 0.2) is 24.3 Å². The second-order valence-corrected chi connectivity index (χ2v) is 8.35. The molecule has 1 spiro atoms. The summed E-state index contributed by atoms with van der Waals surface area (Å²) < 4.78 is 0. The summed E-state index contributed by atoms with van der Waals surface area (Å²) in [6, 6.07) is 8.82. The van der Waals surface area contributed by atoms with Crippen LogP contribution in [-0.2, 0) is 16.8 Å². The predicted octanol–water partition coefficient (Wildman–Crippen LogP) is 2.87. The third-order valence-corrected chi connectivity index (χ3v) is 6.88. The fourth-order valence-corrected chi connectivity index (χ4v) is 5.39. The molecule has 2 saturated heterocycles. The molecule has 0 aromatic heterocycles. The minimum atomic E-state index is -0.0672. The van der Waals surface area contributed by atoms with Crippen molar-refractivity contribution in [3.63, 3.8) is 0 Å². The normalized spacial score (nSPS) is 23.8. The van der Waals surface area contributed by atoms with Gasteiger partial charge in [-0.25, -0.2) is 0 Å². The highest BCUT2D eigenvalue weighted by molar-refractivity contribution is 5.75. The smallest absolute Gasteiger partial charge is 0.220 e. The van der Waals surface area contributed by atoms with Crippen molar-refractivity contribution in [1.82, 2.24) is 14.7 Å². The zero-order chi connectivity index (χ0) is 18.0. The summed E-state index contributed by atoms with van der Waals surface area (Å²) in [6.07, 6.45) is 7.29. The molecule has 0 unspecified atom stereocenters. The molecule has 3 heterocycles. The fraction of sp³-hybridized carbons (Fsp3) is 0.682. The average Bonchev–Trinajstić information content (AvgIpc) is 2.68. The maximum atomic E-state index is 12.4. The second kappa shape index (κ2) is 7.69. The molecule has 4 heteroatoms. The molecule has 0 radical (unpaired) electrons. The topological polar surface area (TPSA) is 26.8 Å². The minimum absolute atomic E-state index is 0.0672. The first-order chi connectivity index (χ1) is 12.7. The van der Waals surface area contributed by atoms with Crippen LogP contribution >= 0.6 is 0 Å². The second-order valence-electron chi connectivity index (χ2n) is 8.35. The van der Waals surface area contributed by atoms with Crippen LogP contribution in [0.3, 0.4) is 0 Å². The fourth-order valence-electron chi connectivity index (χ4n) is 5.39. The van der Waals surface area contributed by atoms with Crippen molar-refractivity contribution in [3.8, 4) is 0 Å². The van der Waals surface area contributed by atoms with Crippen molar-refractivity contribution in [2.24, 2.45) is 0 Å². The number of fused-ring (bicyclic) bond motifs is 2. The molecule has 0 atom stereocenters. The van der Waals surface area contributed by atoms with Crippen LogP contribution < -0.4 is 0 Å². The first-order valence-electron chi connectivity index (χ1n) is 10.5. The van der Waals surface area contributed by atoms with Crippen molar-refractivity contribution < 1.29 is 4.79 Å². The average molecular weight is 356 g/mol. The van der Waals surface area contributed by atoms with Gasteiger partial charge in [-0.05, 0) is 56.3 Å². The molecule has 0 N–H and O–H groups in total. The van der Waals surface area contributed by atoms with Gasteiger partial charge in [0.05, 0.1) is 5.54 Å². The van der Waals surface area contributed by atoms with E-state index < -0.39 is 0 Å². The number of benzene rings is 1. The van der Waals surface area contributed by atoms with Crippen LogP contribution in [0, 0.1) is 0 Å². The monoisotopic (exact) mass is 355 g/mol. The number of amides is 1. The largest absolute Gasteiger partial charge is 0.333 e. The molecule has 26 heavy (non-hydrogen) atoms. The van der Waals surface area contributed by atoms with Crippen LogP contribution in [0.5, 0.6) is 0 Å². The summed E-state index contributed by atoms with van der Waals surface area (Å²) in [6.45, 7) is 9.78. The number of rotatable bonds is 3. The zero-order valence-electron chi connectivity index (χ0n) is 16.3. The molecule has 3 aliphatic heterocycles. The van der Waals surface area contributed by atoms with E-state index in [0.717, 1.165) is 38.9 Å². The van der Waals surface area contributed by atoms with Gasteiger partial charge in [0, 0.05) is 39.6 Å². The van der Waals surface area contributed by atoms with Gasteiger partial charge in [-0.1, -0.05) is 30.7 Å². The molecule has 2 fully saturated rings. The SMILES string of the molecule is CC(=O)N1CCc2ccccc2C12CCN(CCN1CCCCC1)CC2. The lowest BCUT2D eigenvalue weighted by Gasteiger charge is -2.52. The van der Waals surface area contributed by atoms with Crippen LogP contribution in [-0.4, -0.2) is 66.4 Å². The summed E-state index contributed by atoms with van der Waals surface area (Å²) in [4.78, 5) is 19.8. The summed E-state index contributed by atoms with van der Waals surface area (Å²) in [5, 5.41) is 0. The van der Waals surface area contributed by atoms with Gasteiger partial charge in [0.25, 0.3) is 0 Å². The van der Waals surface area contributed by atoms with E-state index in [1.54, 1.807) is 6.92 Å². The highest BCUT2D eigenvalue weighted by Gasteiger charge is 2.45. The van der Waals surface area contributed by atoms with E-state index >= 15 is 0 Å². The Morgan fingerprint density at radius 3 is 2.27 bits per heavy atom. The van der Waals surface area contributed by atoms with E-state index in [0.29, 0.717) is 0 Å². The maximum absolute atomic E-state index is 12.4. The van der Waals surface area contributed by atoms with E-state index in [-0.39, 0.29) is 11.4 Å². The Labute approximate surface area is 158 Å². The number of nitrogens with zero attached hydrogens (tertiary/aromatic N) is 3. The van der Waals surface area contributed by atoms with E-state index in [2.05, 4.69) is 39.0 Å². The number of likely N-dealkylation sites (tertiary alicyclic amines) is 2. The highest BCUT2D eigenvalue weighted by Crippen LogP contribution is 2.43. The number of piperidine rings is 2. The Bertz CT molecular complexity index is 630. The zero-order valence-corrected chi connectivity index (χ0v) is 16.3. The van der Waals surface area contributed by atoms with E-state index in [1.165, 1.54) is 56.6 Å². The van der Waals surface area contributed by atoms with Gasteiger partial charge in [0.1, 0.15) is 0 Å². The molecule has 1 amide bonds. The number of carbonyl (C=O) groups excluding carboxylic acids is 1. The molecule has 0 saturated carbocycles. The van der Waals surface area contributed by atoms with Crippen molar-refractivity contribution in [3.05, 3.63) is 35.4 Å². The van der Waals surface area contributed by atoms with Crippen molar-refractivity contribution >= 4 is 5.91 Å². The highest BCUT2D eigenvalue weighted by atomic mass is 16.2. The van der Waals surface area contributed by atoms with Gasteiger partial charge in [0.2, 0.25) is 5.91 Å². The third-order valence-electron chi connectivity index (χ3n) is 6.88. The van der Waals surface area contributed by atoms with Gasteiger partial charge in [-0.15, -0.1) is 0 Å². The Hall–Kier alpha value is -1.39. The lowest BCUT2D eigenvalue weighted by molar-refractivity contribution is -0.139. The lowest BCUT2D eigenvalue weighted by atomic mass is 9.74. The van der Waals surface area contributed by atoms with Gasteiger partial charge >= 0.3 is 0 Å². The van der Waals surface area contributed by atoms with E-state index in [4.69, 9.17) is 0 Å². The van der Waals surface area contributed by atoms with Gasteiger partial charge in [-0.3, -0.25) is 4.79 Å². The third kappa shape index (κ3) is 3.41. The number of carbonyl (C=O) groups is 1. The molecular weight excluding hydrogens is 322 g/mol. The van der Waals surface area contributed by atoms with Crippen molar-refractivity contribution in [2.45, 2.75) is 51.0 Å². The Morgan fingerprint density at radius 2 is 1.58 bits per heavy atom. The number of hydrogen-bond acceptors (Lipinski definition) is 3. The van der Waals surface area contributed by atoms with Crippen LogP contribution in [0.1, 0.15) is 50.2 Å². The van der Waals surface area contributed by atoms with E-state index in [1.807, 2.05) is 0 Å².